The number of nitrogens with zero attached hydrogens (tertiary/aromatic N) is 1. The highest BCUT2D eigenvalue weighted by Gasteiger charge is 2.30. The summed E-state index contributed by atoms with van der Waals surface area (Å²) in [5.41, 5.74) is 3.71. The lowest BCUT2D eigenvalue weighted by Crippen LogP contribution is -2.05. The van der Waals surface area contributed by atoms with Crippen LogP contribution in [0.25, 0.3) is 11.1 Å². The third-order valence-corrected chi connectivity index (χ3v) is 4.09. The van der Waals surface area contributed by atoms with Crippen LogP contribution in [-0.2, 0) is 12.6 Å². The van der Waals surface area contributed by atoms with E-state index in [9.17, 15) is 13.2 Å². The van der Waals surface area contributed by atoms with Gasteiger partial charge in [-0.15, -0.1) is 0 Å². The Morgan fingerprint density at radius 3 is 2.42 bits per heavy atom. The number of alkyl halides is 3. The van der Waals surface area contributed by atoms with Gasteiger partial charge in [-0.1, -0.05) is 36.4 Å². The van der Waals surface area contributed by atoms with Gasteiger partial charge in [0.25, 0.3) is 0 Å². The average molecular weight is 327 g/mol. The number of aromatic nitrogens is 1. The minimum absolute atomic E-state index is 0.146. The van der Waals surface area contributed by atoms with Crippen molar-refractivity contribution < 1.29 is 17.9 Å². The first-order valence-electron chi connectivity index (χ1n) is 7.43. The normalized spacial score (nSPS) is 12.6. The summed E-state index contributed by atoms with van der Waals surface area (Å²) in [7, 11) is 0. The van der Waals surface area contributed by atoms with Crippen molar-refractivity contribution >= 4 is 0 Å². The second-order valence-corrected chi connectivity index (χ2v) is 5.60. The van der Waals surface area contributed by atoms with Crippen LogP contribution in [-0.4, -0.2) is 4.98 Å². The zero-order valence-corrected chi connectivity index (χ0v) is 12.5. The summed E-state index contributed by atoms with van der Waals surface area (Å²) >= 11 is 0. The van der Waals surface area contributed by atoms with Crippen molar-refractivity contribution in [3.8, 4) is 22.8 Å². The highest BCUT2D eigenvalue weighted by molar-refractivity contribution is 5.79. The topological polar surface area (TPSA) is 22.1 Å². The maximum absolute atomic E-state index is 12.6. The van der Waals surface area contributed by atoms with Gasteiger partial charge in [-0.2, -0.15) is 13.2 Å². The Morgan fingerprint density at radius 2 is 1.67 bits per heavy atom. The molecule has 0 fully saturated rings. The van der Waals surface area contributed by atoms with E-state index in [4.69, 9.17) is 4.74 Å². The number of rotatable bonds is 2. The van der Waals surface area contributed by atoms with Crippen LogP contribution in [0.1, 0.15) is 16.7 Å². The molecule has 3 aromatic rings. The molecule has 0 unspecified atom stereocenters. The van der Waals surface area contributed by atoms with Crippen LogP contribution in [0.4, 0.5) is 13.2 Å². The van der Waals surface area contributed by atoms with Crippen molar-refractivity contribution in [2.45, 2.75) is 12.6 Å². The number of benzene rings is 2. The molecule has 0 aliphatic heterocycles. The Bertz CT molecular complexity index is 901. The molecule has 1 aliphatic rings. The molecule has 0 saturated carbocycles. The van der Waals surface area contributed by atoms with Crippen LogP contribution in [0.15, 0.2) is 60.8 Å². The van der Waals surface area contributed by atoms with Crippen LogP contribution in [0.3, 0.4) is 0 Å². The Kier molecular flexibility index (Phi) is 3.30. The molecule has 120 valence electrons. The molecule has 4 rings (SSSR count). The van der Waals surface area contributed by atoms with Gasteiger partial charge >= 0.3 is 6.18 Å². The molecule has 0 spiro atoms. The molecule has 5 heteroatoms. The van der Waals surface area contributed by atoms with Crippen molar-refractivity contribution in [1.29, 1.82) is 0 Å². The fraction of sp³-hybridized carbons (Fsp3) is 0.105. The molecule has 0 saturated heterocycles. The SMILES string of the molecule is FC(F)(F)c1ccc(Oc2cccc3c2Cc2ccccc2-3)nc1. The van der Waals surface area contributed by atoms with E-state index in [1.165, 1.54) is 17.2 Å². The lowest BCUT2D eigenvalue weighted by Gasteiger charge is -2.11. The molecule has 0 atom stereocenters. The fourth-order valence-electron chi connectivity index (χ4n) is 2.94. The van der Waals surface area contributed by atoms with Gasteiger partial charge in [-0.05, 0) is 28.8 Å². The van der Waals surface area contributed by atoms with Gasteiger partial charge in [0.2, 0.25) is 5.88 Å². The summed E-state index contributed by atoms with van der Waals surface area (Å²) in [6.07, 6.45) is -2.88. The monoisotopic (exact) mass is 327 g/mol. The second-order valence-electron chi connectivity index (χ2n) is 5.60. The molecule has 0 amide bonds. The Morgan fingerprint density at radius 1 is 0.875 bits per heavy atom. The zero-order valence-electron chi connectivity index (χ0n) is 12.5. The van der Waals surface area contributed by atoms with Crippen molar-refractivity contribution in [3.05, 3.63) is 77.5 Å². The predicted octanol–water partition coefficient (Wildman–Crippen LogP) is 5.46. The first-order valence-corrected chi connectivity index (χ1v) is 7.43. The molecule has 0 radical (unpaired) electrons. The molecule has 0 N–H and O–H groups in total. The second kappa shape index (κ2) is 5.37. The number of ether oxygens (including phenoxy) is 1. The molecule has 24 heavy (non-hydrogen) atoms. The van der Waals surface area contributed by atoms with Crippen molar-refractivity contribution in [1.82, 2.24) is 4.98 Å². The summed E-state index contributed by atoms with van der Waals surface area (Å²) in [5.74, 6) is 0.767. The summed E-state index contributed by atoms with van der Waals surface area (Å²) in [4.78, 5) is 3.77. The number of fused-ring (bicyclic) bond motifs is 3. The number of pyridine rings is 1. The minimum atomic E-state index is -4.40. The molecule has 1 aromatic heterocycles. The van der Waals surface area contributed by atoms with Crippen LogP contribution in [0, 0.1) is 0 Å². The molecular weight excluding hydrogens is 315 g/mol. The van der Waals surface area contributed by atoms with Crippen molar-refractivity contribution in [3.63, 3.8) is 0 Å². The molecule has 1 heterocycles. The maximum atomic E-state index is 12.6. The minimum Gasteiger partial charge on any atom is -0.439 e. The first-order chi connectivity index (χ1) is 11.5. The quantitative estimate of drug-likeness (QED) is 0.487. The standard InChI is InChI=1S/C19H12F3NO/c20-19(21,22)13-8-9-18(23-11-13)24-17-7-3-6-15-14-5-2-1-4-12(14)10-16(15)17/h1-9,11H,10H2. The van der Waals surface area contributed by atoms with Gasteiger partial charge < -0.3 is 4.74 Å². The van der Waals surface area contributed by atoms with E-state index in [1.807, 2.05) is 30.3 Å². The number of hydrogen-bond donors (Lipinski definition) is 0. The number of hydrogen-bond acceptors (Lipinski definition) is 2. The van der Waals surface area contributed by atoms with Crippen LogP contribution >= 0.6 is 0 Å². The van der Waals surface area contributed by atoms with Gasteiger partial charge in [-0.25, -0.2) is 4.98 Å². The molecule has 1 aliphatic carbocycles. The summed E-state index contributed by atoms with van der Waals surface area (Å²) in [5, 5.41) is 0. The van der Waals surface area contributed by atoms with E-state index in [-0.39, 0.29) is 5.88 Å². The largest absolute Gasteiger partial charge is 0.439 e. The van der Waals surface area contributed by atoms with E-state index in [1.54, 1.807) is 0 Å². The molecular formula is C19H12F3NO. The summed E-state index contributed by atoms with van der Waals surface area (Å²) < 4.78 is 43.5. The van der Waals surface area contributed by atoms with Crippen molar-refractivity contribution in [2.75, 3.05) is 0 Å². The third-order valence-electron chi connectivity index (χ3n) is 4.09. The number of halogens is 3. The van der Waals surface area contributed by atoms with E-state index in [0.29, 0.717) is 5.75 Å². The fourth-order valence-corrected chi connectivity index (χ4v) is 2.94. The van der Waals surface area contributed by atoms with Gasteiger partial charge in [0.05, 0.1) is 5.56 Å². The predicted molar refractivity (Wildman–Crippen MR) is 84.0 cm³/mol. The third kappa shape index (κ3) is 2.52. The Labute approximate surface area is 136 Å². The van der Waals surface area contributed by atoms with Crippen LogP contribution in [0.5, 0.6) is 11.6 Å². The maximum Gasteiger partial charge on any atom is 0.417 e. The van der Waals surface area contributed by atoms with Gasteiger partial charge in [0.15, 0.2) is 0 Å². The highest BCUT2D eigenvalue weighted by atomic mass is 19.4. The first kappa shape index (κ1) is 14.8. The molecule has 2 nitrogen and oxygen atoms in total. The summed E-state index contributed by atoms with van der Waals surface area (Å²) in [6, 6.07) is 16.0. The molecule has 2 aromatic carbocycles. The van der Waals surface area contributed by atoms with E-state index < -0.39 is 11.7 Å². The molecule has 0 bridgehead atoms. The van der Waals surface area contributed by atoms with Crippen LogP contribution < -0.4 is 4.74 Å². The van der Waals surface area contributed by atoms with E-state index >= 15 is 0 Å². The lowest BCUT2D eigenvalue weighted by molar-refractivity contribution is -0.137. The lowest BCUT2D eigenvalue weighted by atomic mass is 10.1. The smallest absolute Gasteiger partial charge is 0.417 e. The highest BCUT2D eigenvalue weighted by Crippen LogP contribution is 2.42. The Hall–Kier alpha value is -2.82. The van der Waals surface area contributed by atoms with Gasteiger partial charge in [0.1, 0.15) is 5.75 Å². The van der Waals surface area contributed by atoms with Gasteiger partial charge in [-0.3, -0.25) is 0 Å². The Balaban J connectivity index is 1.65. The van der Waals surface area contributed by atoms with E-state index in [0.717, 1.165) is 29.8 Å². The van der Waals surface area contributed by atoms with Gasteiger partial charge in [0, 0.05) is 24.2 Å². The van der Waals surface area contributed by atoms with E-state index in [2.05, 4.69) is 17.1 Å². The van der Waals surface area contributed by atoms with Crippen LogP contribution in [0.2, 0.25) is 0 Å². The van der Waals surface area contributed by atoms with Crippen molar-refractivity contribution in [2.24, 2.45) is 0 Å². The average Bonchev–Trinajstić information content (AvgIpc) is 2.94. The summed E-state index contributed by atoms with van der Waals surface area (Å²) in [6.45, 7) is 0. The zero-order chi connectivity index (χ0) is 16.7.